The summed E-state index contributed by atoms with van der Waals surface area (Å²) >= 11 is 0. The molecule has 0 amide bonds. The van der Waals surface area contributed by atoms with Crippen molar-refractivity contribution in [3.63, 3.8) is 0 Å². The second kappa shape index (κ2) is 1.66. The number of halogens is 1. The van der Waals surface area contributed by atoms with E-state index in [9.17, 15) is 9.18 Å². The zero-order valence-corrected chi connectivity index (χ0v) is 5.23. The third kappa shape index (κ3) is 0.533. The van der Waals surface area contributed by atoms with E-state index in [1.165, 1.54) is 6.07 Å². The molecule has 2 heteroatoms. The lowest BCUT2D eigenvalue weighted by atomic mass is 9.87. The minimum atomic E-state index is -0.253. The molecule has 10 heavy (non-hydrogen) atoms. The van der Waals surface area contributed by atoms with Gasteiger partial charge in [-0.05, 0) is 6.07 Å². The lowest BCUT2D eigenvalue weighted by Crippen LogP contribution is -2.20. The quantitative estimate of drug-likeness (QED) is 0.527. The molecule has 0 radical (unpaired) electrons. The van der Waals surface area contributed by atoms with Crippen molar-refractivity contribution < 1.29 is 9.18 Å². The molecule has 0 saturated carbocycles. The molecule has 0 heterocycles. The Balaban J connectivity index is 2.66. The predicted molar refractivity (Wildman–Crippen MR) is 34.4 cm³/mol. The molecule has 0 bridgehead atoms. The van der Waals surface area contributed by atoms with E-state index in [0.29, 0.717) is 11.1 Å². The highest BCUT2D eigenvalue weighted by atomic mass is 18.2. The number of ketones is 1. The summed E-state index contributed by atoms with van der Waals surface area (Å²) < 4.78 is 12.7. The summed E-state index contributed by atoms with van der Waals surface area (Å²) in [4.78, 5) is 10.7. The van der Waals surface area contributed by atoms with Crippen molar-refractivity contribution in [2.75, 3.05) is 0 Å². The summed E-state index contributed by atoms with van der Waals surface area (Å²) in [6.45, 7) is 0. The van der Waals surface area contributed by atoms with Gasteiger partial charge in [0.25, 0.3) is 0 Å². The molecule has 1 aromatic carbocycles. The first-order valence-electron chi connectivity index (χ1n) is 3.09. The fourth-order valence-electron chi connectivity index (χ4n) is 1.15. The number of Topliss-reactive ketones (excluding diaryl/α,β-unsaturated/α-hetero) is 1. The molecule has 0 aromatic heterocycles. The highest BCUT2D eigenvalue weighted by Gasteiger charge is 2.25. The van der Waals surface area contributed by atoms with E-state index in [0.717, 1.165) is 0 Å². The van der Waals surface area contributed by atoms with E-state index in [1.54, 1.807) is 12.1 Å². The lowest BCUT2D eigenvalue weighted by molar-refractivity contribution is 0.0965. The first kappa shape index (κ1) is 5.59. The van der Waals surface area contributed by atoms with E-state index in [2.05, 4.69) is 0 Å². The van der Waals surface area contributed by atoms with Crippen molar-refractivity contribution in [3.05, 3.63) is 35.1 Å². The van der Waals surface area contributed by atoms with Crippen LogP contribution in [0.2, 0.25) is 0 Å². The maximum absolute atomic E-state index is 12.7. The van der Waals surface area contributed by atoms with Crippen molar-refractivity contribution in [2.45, 2.75) is 6.42 Å². The van der Waals surface area contributed by atoms with Crippen molar-refractivity contribution in [1.29, 1.82) is 0 Å². The van der Waals surface area contributed by atoms with Gasteiger partial charge in [0.05, 0.1) is 0 Å². The Morgan fingerprint density at radius 1 is 1.40 bits per heavy atom. The van der Waals surface area contributed by atoms with Crippen LogP contribution in [0.25, 0.3) is 0 Å². The molecule has 0 aliphatic heterocycles. The number of carbonyl (C=O) groups is 1. The summed E-state index contributed by atoms with van der Waals surface area (Å²) in [6.07, 6.45) is 0.280. The fraction of sp³-hybridized carbons (Fsp3) is 0.125. The molecule has 0 N–H and O–H groups in total. The molecule has 2 rings (SSSR count). The SMILES string of the molecule is O=C1Cc2c([18F])cccc21. The van der Waals surface area contributed by atoms with Gasteiger partial charge in [-0.2, -0.15) is 0 Å². The molecule has 1 aromatic rings. The van der Waals surface area contributed by atoms with E-state index in [1.807, 2.05) is 0 Å². The maximum atomic E-state index is 12.7. The zero-order valence-electron chi connectivity index (χ0n) is 5.23. The summed E-state index contributed by atoms with van der Waals surface area (Å²) in [7, 11) is 0. The number of carbonyl (C=O) groups excluding carboxylic acids is 1. The second-order valence-electron chi connectivity index (χ2n) is 2.37. The molecule has 0 spiro atoms. The number of rotatable bonds is 0. The third-order valence-corrected chi connectivity index (χ3v) is 1.76. The highest BCUT2D eigenvalue weighted by molar-refractivity contribution is 6.06. The molecule has 1 nitrogen and oxygen atoms in total. The average molecular weight is 135 g/mol. The minimum absolute atomic E-state index is 0.0505. The number of hydrogen-bond donors (Lipinski definition) is 0. The monoisotopic (exact) mass is 135 g/mol. The van der Waals surface area contributed by atoms with Gasteiger partial charge in [0.1, 0.15) is 5.82 Å². The molecular formula is C8H5FO. The Labute approximate surface area is 57.5 Å². The van der Waals surface area contributed by atoms with Crippen molar-refractivity contribution in [3.8, 4) is 0 Å². The van der Waals surface area contributed by atoms with Crippen LogP contribution in [0.4, 0.5) is 4.39 Å². The molecule has 0 atom stereocenters. The van der Waals surface area contributed by atoms with Gasteiger partial charge < -0.3 is 0 Å². The Kier molecular flexibility index (Phi) is 0.926. The van der Waals surface area contributed by atoms with Crippen LogP contribution in [0, 0.1) is 5.82 Å². The molecule has 0 fully saturated rings. The topological polar surface area (TPSA) is 17.1 Å². The van der Waals surface area contributed by atoms with Crippen LogP contribution in [0.3, 0.4) is 0 Å². The average Bonchev–Trinajstić information content (AvgIpc) is 1.91. The Morgan fingerprint density at radius 2 is 2.20 bits per heavy atom. The summed E-state index contributed by atoms with van der Waals surface area (Å²) in [5, 5.41) is 0. The number of hydrogen-bond acceptors (Lipinski definition) is 1. The first-order valence-corrected chi connectivity index (χ1v) is 3.09. The van der Waals surface area contributed by atoms with Crippen LogP contribution in [0.1, 0.15) is 15.9 Å². The maximum Gasteiger partial charge on any atom is 0.167 e. The van der Waals surface area contributed by atoms with Gasteiger partial charge in [-0.3, -0.25) is 4.79 Å². The van der Waals surface area contributed by atoms with Crippen molar-refractivity contribution in [2.24, 2.45) is 0 Å². The van der Waals surface area contributed by atoms with Crippen LogP contribution in [-0.2, 0) is 6.42 Å². The Hall–Kier alpha value is -1.18. The van der Waals surface area contributed by atoms with Crippen LogP contribution in [0.5, 0.6) is 0 Å². The van der Waals surface area contributed by atoms with Gasteiger partial charge in [-0.1, -0.05) is 12.1 Å². The molecule has 0 unspecified atom stereocenters. The van der Waals surface area contributed by atoms with E-state index in [-0.39, 0.29) is 18.0 Å². The highest BCUT2D eigenvalue weighted by Crippen LogP contribution is 2.24. The van der Waals surface area contributed by atoms with Crippen LogP contribution in [-0.4, -0.2) is 5.78 Å². The normalized spacial score (nSPS) is 14.3. The Morgan fingerprint density at radius 3 is 2.80 bits per heavy atom. The minimum Gasteiger partial charge on any atom is -0.294 e. The lowest BCUT2D eigenvalue weighted by Gasteiger charge is -2.16. The second-order valence-corrected chi connectivity index (χ2v) is 2.37. The van der Waals surface area contributed by atoms with Crippen molar-refractivity contribution >= 4 is 5.78 Å². The first-order chi connectivity index (χ1) is 4.79. The number of benzene rings is 1. The molecule has 0 saturated heterocycles. The van der Waals surface area contributed by atoms with Gasteiger partial charge in [0.15, 0.2) is 5.78 Å². The molecule has 50 valence electrons. The van der Waals surface area contributed by atoms with Gasteiger partial charge >= 0.3 is 0 Å². The van der Waals surface area contributed by atoms with Gasteiger partial charge in [-0.15, -0.1) is 0 Å². The zero-order chi connectivity index (χ0) is 7.14. The summed E-state index contributed by atoms with van der Waals surface area (Å²) in [6, 6.07) is 4.60. The van der Waals surface area contributed by atoms with Gasteiger partial charge in [0.2, 0.25) is 0 Å². The summed E-state index contributed by atoms with van der Waals surface area (Å²) in [5.41, 5.74) is 1.13. The molecule has 1 aliphatic rings. The van der Waals surface area contributed by atoms with E-state index in [4.69, 9.17) is 0 Å². The number of fused-ring (bicyclic) bond motifs is 1. The smallest absolute Gasteiger partial charge is 0.167 e. The summed E-state index contributed by atoms with van der Waals surface area (Å²) in [5.74, 6) is -0.202. The van der Waals surface area contributed by atoms with E-state index >= 15 is 0 Å². The van der Waals surface area contributed by atoms with Gasteiger partial charge in [-0.25, -0.2) is 4.39 Å². The third-order valence-electron chi connectivity index (χ3n) is 1.76. The van der Waals surface area contributed by atoms with E-state index < -0.39 is 0 Å². The molecule has 1 aliphatic carbocycles. The molecular weight excluding hydrogens is 130 g/mol. The van der Waals surface area contributed by atoms with Gasteiger partial charge in [0, 0.05) is 17.5 Å². The standard InChI is InChI=1S/C8H5FO/c9-7-3-1-2-5-6(7)4-8(5)10/h1-3H,4H2/i9-1. The van der Waals surface area contributed by atoms with Crippen LogP contribution >= 0.6 is 0 Å². The van der Waals surface area contributed by atoms with Crippen LogP contribution < -0.4 is 0 Å². The van der Waals surface area contributed by atoms with Crippen molar-refractivity contribution in [1.82, 2.24) is 0 Å². The Bertz CT molecular complexity index is 304. The fourth-order valence-corrected chi connectivity index (χ4v) is 1.15. The predicted octanol–water partition coefficient (Wildman–Crippen LogP) is 1.56. The largest absolute Gasteiger partial charge is 0.294 e. The van der Waals surface area contributed by atoms with Crippen LogP contribution in [0.15, 0.2) is 18.2 Å².